The molecule has 0 radical (unpaired) electrons. The van der Waals surface area contributed by atoms with Crippen LogP contribution in [0.5, 0.6) is 0 Å². The van der Waals surface area contributed by atoms with Gasteiger partial charge in [0.05, 0.1) is 0 Å². The average molecular weight is 200 g/mol. The van der Waals surface area contributed by atoms with Crippen molar-refractivity contribution < 1.29 is 0 Å². The van der Waals surface area contributed by atoms with E-state index in [2.05, 4.69) is 32.8 Å². The van der Waals surface area contributed by atoms with Gasteiger partial charge in [0.2, 0.25) is 0 Å². The van der Waals surface area contributed by atoms with Gasteiger partial charge in [-0.1, -0.05) is 26.7 Å². The second-order valence-electron chi connectivity index (χ2n) is 4.78. The number of hydrogen-bond acceptors (Lipinski definition) is 2. The summed E-state index contributed by atoms with van der Waals surface area (Å²) >= 11 is 0. The summed E-state index contributed by atoms with van der Waals surface area (Å²) in [4.78, 5) is 2.31. The minimum Gasteiger partial charge on any atom is -0.330 e. The molecule has 14 heavy (non-hydrogen) atoms. The molecule has 0 aromatic heterocycles. The van der Waals surface area contributed by atoms with Crippen molar-refractivity contribution in [3.8, 4) is 0 Å². The Labute approximate surface area is 89.9 Å². The molecule has 0 aliphatic carbocycles. The second kappa shape index (κ2) is 7.24. The van der Waals surface area contributed by atoms with Gasteiger partial charge in [-0.2, -0.15) is 0 Å². The van der Waals surface area contributed by atoms with Gasteiger partial charge in [0, 0.05) is 6.54 Å². The first-order valence-corrected chi connectivity index (χ1v) is 5.95. The number of hydrogen-bond donors (Lipinski definition) is 1. The molecule has 0 unspecified atom stereocenters. The first-order chi connectivity index (χ1) is 6.60. The van der Waals surface area contributed by atoms with E-state index in [9.17, 15) is 0 Å². The fraction of sp³-hybridized carbons (Fsp3) is 1.00. The van der Waals surface area contributed by atoms with Crippen LogP contribution in [0, 0.1) is 5.41 Å². The highest BCUT2D eigenvalue weighted by molar-refractivity contribution is 4.81. The van der Waals surface area contributed by atoms with E-state index in [0.29, 0.717) is 5.41 Å². The summed E-state index contributed by atoms with van der Waals surface area (Å²) in [5, 5.41) is 0. The molecular weight excluding hydrogens is 172 g/mol. The highest BCUT2D eigenvalue weighted by Gasteiger charge is 2.27. The summed E-state index contributed by atoms with van der Waals surface area (Å²) < 4.78 is 0. The van der Waals surface area contributed by atoms with Gasteiger partial charge in [-0.05, 0) is 45.3 Å². The van der Waals surface area contributed by atoms with Gasteiger partial charge in [-0.15, -0.1) is 0 Å². The fourth-order valence-electron chi connectivity index (χ4n) is 2.65. The Morgan fingerprint density at radius 3 is 1.79 bits per heavy atom. The third-order valence-electron chi connectivity index (χ3n) is 2.89. The minimum atomic E-state index is 0.474. The molecule has 2 heteroatoms. The van der Waals surface area contributed by atoms with Crippen LogP contribution in [-0.4, -0.2) is 32.1 Å². The van der Waals surface area contributed by atoms with Crippen LogP contribution >= 0.6 is 0 Å². The highest BCUT2D eigenvalue weighted by Crippen LogP contribution is 2.33. The molecule has 0 aliphatic rings. The molecule has 86 valence electrons. The largest absolute Gasteiger partial charge is 0.330 e. The van der Waals surface area contributed by atoms with E-state index in [1.165, 1.54) is 38.6 Å². The molecule has 0 saturated carbocycles. The molecule has 0 saturated heterocycles. The molecule has 0 rings (SSSR count). The summed E-state index contributed by atoms with van der Waals surface area (Å²) in [5.41, 5.74) is 6.21. The van der Waals surface area contributed by atoms with E-state index >= 15 is 0 Å². The summed E-state index contributed by atoms with van der Waals surface area (Å²) in [6.45, 7) is 6.56. The Balaban J connectivity index is 4.37. The molecule has 2 N–H and O–H groups in total. The molecule has 0 spiro atoms. The van der Waals surface area contributed by atoms with Crippen molar-refractivity contribution in [1.82, 2.24) is 4.90 Å². The quantitative estimate of drug-likeness (QED) is 0.652. The standard InChI is InChI=1S/C12H28N2/c1-5-7-12(8-6-2,9-10-13)11-14(3)4/h5-11,13H2,1-4H3. The van der Waals surface area contributed by atoms with Gasteiger partial charge >= 0.3 is 0 Å². The maximum Gasteiger partial charge on any atom is 0.00323 e. The Kier molecular flexibility index (Phi) is 7.20. The maximum atomic E-state index is 5.73. The van der Waals surface area contributed by atoms with Crippen molar-refractivity contribution in [2.75, 3.05) is 27.2 Å². The first-order valence-electron chi connectivity index (χ1n) is 5.95. The van der Waals surface area contributed by atoms with Crippen molar-refractivity contribution in [1.29, 1.82) is 0 Å². The van der Waals surface area contributed by atoms with Gasteiger partial charge in [0.15, 0.2) is 0 Å². The zero-order chi connectivity index (χ0) is 11.0. The van der Waals surface area contributed by atoms with E-state index in [0.717, 1.165) is 6.54 Å². The van der Waals surface area contributed by atoms with E-state index in [4.69, 9.17) is 5.73 Å². The lowest BCUT2D eigenvalue weighted by Crippen LogP contribution is -2.35. The Morgan fingerprint density at radius 2 is 1.50 bits per heavy atom. The summed E-state index contributed by atoms with van der Waals surface area (Å²) in [7, 11) is 4.33. The summed E-state index contributed by atoms with van der Waals surface area (Å²) in [5.74, 6) is 0. The summed E-state index contributed by atoms with van der Waals surface area (Å²) in [6, 6.07) is 0. The van der Waals surface area contributed by atoms with Crippen LogP contribution in [0.25, 0.3) is 0 Å². The lowest BCUT2D eigenvalue weighted by atomic mass is 9.76. The zero-order valence-corrected chi connectivity index (χ0v) is 10.5. The molecule has 2 nitrogen and oxygen atoms in total. The van der Waals surface area contributed by atoms with Crippen molar-refractivity contribution in [2.45, 2.75) is 46.0 Å². The summed E-state index contributed by atoms with van der Waals surface area (Å²) in [6.07, 6.45) is 6.35. The monoisotopic (exact) mass is 200 g/mol. The van der Waals surface area contributed by atoms with Gasteiger partial charge in [0.25, 0.3) is 0 Å². The molecule has 0 bridgehead atoms. The van der Waals surface area contributed by atoms with Crippen LogP contribution in [0.2, 0.25) is 0 Å². The first kappa shape index (κ1) is 13.9. The topological polar surface area (TPSA) is 29.3 Å². The molecule has 0 heterocycles. The number of rotatable bonds is 8. The van der Waals surface area contributed by atoms with Crippen molar-refractivity contribution in [3.63, 3.8) is 0 Å². The van der Waals surface area contributed by atoms with Crippen LogP contribution in [0.1, 0.15) is 46.0 Å². The molecule has 0 atom stereocenters. The minimum absolute atomic E-state index is 0.474. The van der Waals surface area contributed by atoms with Crippen LogP contribution in [0.3, 0.4) is 0 Å². The molecule has 0 aliphatic heterocycles. The van der Waals surface area contributed by atoms with Crippen molar-refractivity contribution in [2.24, 2.45) is 11.1 Å². The lowest BCUT2D eigenvalue weighted by molar-refractivity contribution is 0.152. The predicted octanol–water partition coefficient (Wildman–Crippen LogP) is 2.48. The second-order valence-corrected chi connectivity index (χ2v) is 4.78. The normalized spacial score (nSPS) is 12.4. The van der Waals surface area contributed by atoms with Gasteiger partial charge in [0.1, 0.15) is 0 Å². The third kappa shape index (κ3) is 4.97. The Hall–Kier alpha value is -0.0800. The van der Waals surface area contributed by atoms with Crippen LogP contribution in [-0.2, 0) is 0 Å². The van der Waals surface area contributed by atoms with E-state index in [-0.39, 0.29) is 0 Å². The number of nitrogens with zero attached hydrogens (tertiary/aromatic N) is 1. The maximum absolute atomic E-state index is 5.73. The lowest BCUT2D eigenvalue weighted by Gasteiger charge is -2.36. The molecule has 0 amide bonds. The smallest absolute Gasteiger partial charge is 0.00323 e. The molecule has 0 aromatic carbocycles. The average Bonchev–Trinajstić information content (AvgIpc) is 2.03. The van der Waals surface area contributed by atoms with Crippen LogP contribution < -0.4 is 5.73 Å². The predicted molar refractivity (Wildman–Crippen MR) is 64.5 cm³/mol. The highest BCUT2D eigenvalue weighted by atomic mass is 15.1. The fourth-order valence-corrected chi connectivity index (χ4v) is 2.65. The SMILES string of the molecule is CCCC(CCC)(CCN)CN(C)C. The third-order valence-corrected chi connectivity index (χ3v) is 2.89. The number of nitrogens with two attached hydrogens (primary N) is 1. The van der Waals surface area contributed by atoms with E-state index in [1.807, 2.05) is 0 Å². The molecular formula is C12H28N2. The van der Waals surface area contributed by atoms with Crippen molar-refractivity contribution in [3.05, 3.63) is 0 Å². The van der Waals surface area contributed by atoms with E-state index in [1.54, 1.807) is 0 Å². The van der Waals surface area contributed by atoms with Gasteiger partial charge < -0.3 is 10.6 Å². The van der Waals surface area contributed by atoms with Crippen LogP contribution in [0.15, 0.2) is 0 Å². The van der Waals surface area contributed by atoms with E-state index < -0.39 is 0 Å². The van der Waals surface area contributed by atoms with Crippen molar-refractivity contribution >= 4 is 0 Å². The van der Waals surface area contributed by atoms with Gasteiger partial charge in [-0.3, -0.25) is 0 Å². The van der Waals surface area contributed by atoms with Crippen LogP contribution in [0.4, 0.5) is 0 Å². The Morgan fingerprint density at radius 1 is 1.00 bits per heavy atom. The Bertz CT molecular complexity index is 115. The molecule has 0 fully saturated rings. The molecule has 0 aromatic rings. The van der Waals surface area contributed by atoms with Gasteiger partial charge in [-0.25, -0.2) is 0 Å². The zero-order valence-electron chi connectivity index (χ0n) is 10.5.